The van der Waals surface area contributed by atoms with E-state index in [4.69, 9.17) is 4.98 Å². The number of fused-ring (bicyclic) bond motifs is 1. The SMILES string of the molecule is CC(C)c1ccc(Cn2c(C3CC(=O)N(c4cccc(F)c4)C3)nc3ccccc32)cc1. The second-order valence-electron chi connectivity index (χ2n) is 8.83. The molecule has 1 saturated heterocycles. The number of nitrogens with zero attached hydrogens (tertiary/aromatic N) is 3. The van der Waals surface area contributed by atoms with Gasteiger partial charge in [0.2, 0.25) is 5.91 Å². The Morgan fingerprint density at radius 1 is 1.03 bits per heavy atom. The van der Waals surface area contributed by atoms with Crippen molar-refractivity contribution in [1.29, 1.82) is 0 Å². The quantitative estimate of drug-likeness (QED) is 0.400. The fraction of sp³-hybridized carbons (Fsp3) is 0.259. The minimum Gasteiger partial charge on any atom is -0.323 e. The lowest BCUT2D eigenvalue weighted by Gasteiger charge is -2.18. The Hall–Kier alpha value is -3.47. The summed E-state index contributed by atoms with van der Waals surface area (Å²) in [5.41, 5.74) is 5.11. The third kappa shape index (κ3) is 3.79. The number of para-hydroxylation sites is 2. The van der Waals surface area contributed by atoms with Gasteiger partial charge in [-0.15, -0.1) is 0 Å². The second-order valence-corrected chi connectivity index (χ2v) is 8.83. The van der Waals surface area contributed by atoms with Gasteiger partial charge in [0.1, 0.15) is 11.6 Å². The van der Waals surface area contributed by atoms with E-state index >= 15 is 0 Å². The number of carbonyl (C=O) groups excluding carboxylic acids is 1. The number of anilines is 1. The van der Waals surface area contributed by atoms with Crippen LogP contribution in [0.15, 0.2) is 72.8 Å². The number of hydrogen-bond acceptors (Lipinski definition) is 2. The number of benzene rings is 3. The molecule has 4 aromatic rings. The number of carbonyl (C=O) groups is 1. The van der Waals surface area contributed by atoms with Crippen molar-refractivity contribution < 1.29 is 9.18 Å². The van der Waals surface area contributed by atoms with Crippen molar-refractivity contribution in [1.82, 2.24) is 9.55 Å². The molecule has 0 saturated carbocycles. The molecule has 2 heterocycles. The largest absolute Gasteiger partial charge is 0.323 e. The predicted octanol–water partition coefficient (Wildman–Crippen LogP) is 5.87. The molecule has 1 atom stereocenters. The Balaban J connectivity index is 1.50. The maximum atomic E-state index is 13.7. The van der Waals surface area contributed by atoms with Crippen LogP contribution >= 0.6 is 0 Å². The highest BCUT2D eigenvalue weighted by Crippen LogP contribution is 2.34. The lowest BCUT2D eigenvalue weighted by Crippen LogP contribution is -2.24. The predicted molar refractivity (Wildman–Crippen MR) is 125 cm³/mol. The molecule has 3 aromatic carbocycles. The Morgan fingerprint density at radius 3 is 2.56 bits per heavy atom. The Labute approximate surface area is 187 Å². The minimum absolute atomic E-state index is 0.000456. The van der Waals surface area contributed by atoms with Gasteiger partial charge in [-0.1, -0.05) is 56.3 Å². The number of aromatic nitrogens is 2. The summed E-state index contributed by atoms with van der Waals surface area (Å²) in [6.45, 7) is 5.58. The molecule has 1 aliphatic rings. The molecule has 1 fully saturated rings. The number of halogens is 1. The van der Waals surface area contributed by atoms with E-state index in [-0.39, 0.29) is 17.6 Å². The van der Waals surface area contributed by atoms with Crippen LogP contribution in [0.5, 0.6) is 0 Å². The first-order chi connectivity index (χ1) is 15.5. The fourth-order valence-corrected chi connectivity index (χ4v) is 4.54. The highest BCUT2D eigenvalue weighted by Gasteiger charge is 2.35. The molecule has 1 unspecified atom stereocenters. The Kier molecular flexibility index (Phi) is 5.25. The van der Waals surface area contributed by atoms with Gasteiger partial charge < -0.3 is 9.47 Å². The van der Waals surface area contributed by atoms with Gasteiger partial charge in [0.15, 0.2) is 0 Å². The van der Waals surface area contributed by atoms with Crippen LogP contribution in [0, 0.1) is 5.82 Å². The van der Waals surface area contributed by atoms with Crippen molar-refractivity contribution in [3.63, 3.8) is 0 Å². The maximum absolute atomic E-state index is 13.7. The van der Waals surface area contributed by atoms with Crippen molar-refractivity contribution in [2.24, 2.45) is 0 Å². The van der Waals surface area contributed by atoms with Crippen LogP contribution in [-0.4, -0.2) is 22.0 Å². The standard InChI is InChI=1S/C27H26FN3O/c1-18(2)20-12-10-19(11-13-20)16-31-25-9-4-3-8-24(25)29-27(31)21-14-26(32)30(17-21)23-7-5-6-22(28)15-23/h3-13,15,18,21H,14,16-17H2,1-2H3. The summed E-state index contributed by atoms with van der Waals surface area (Å²) in [4.78, 5) is 19.4. The Bertz CT molecular complexity index is 1280. The monoisotopic (exact) mass is 427 g/mol. The summed E-state index contributed by atoms with van der Waals surface area (Å²) >= 11 is 0. The zero-order chi connectivity index (χ0) is 22.2. The van der Waals surface area contributed by atoms with Crippen LogP contribution < -0.4 is 4.90 Å². The number of hydrogen-bond donors (Lipinski definition) is 0. The summed E-state index contributed by atoms with van der Waals surface area (Å²) in [6, 6.07) is 23.0. The van der Waals surface area contributed by atoms with Gasteiger partial charge in [-0.2, -0.15) is 0 Å². The van der Waals surface area contributed by atoms with E-state index in [9.17, 15) is 9.18 Å². The molecule has 1 aliphatic heterocycles. The van der Waals surface area contributed by atoms with Gasteiger partial charge >= 0.3 is 0 Å². The molecule has 162 valence electrons. The van der Waals surface area contributed by atoms with E-state index < -0.39 is 0 Å². The molecule has 0 aliphatic carbocycles. The molecule has 5 rings (SSSR count). The van der Waals surface area contributed by atoms with Crippen molar-refractivity contribution in [2.45, 2.75) is 38.6 Å². The molecule has 0 radical (unpaired) electrons. The average molecular weight is 428 g/mol. The molecule has 1 aromatic heterocycles. The van der Waals surface area contributed by atoms with Gasteiger partial charge in [-0.05, 0) is 47.4 Å². The third-order valence-electron chi connectivity index (χ3n) is 6.28. The smallest absolute Gasteiger partial charge is 0.227 e. The molecular formula is C27H26FN3O. The van der Waals surface area contributed by atoms with E-state index in [2.05, 4.69) is 48.7 Å². The second kappa shape index (κ2) is 8.23. The molecule has 5 heteroatoms. The molecular weight excluding hydrogens is 401 g/mol. The summed E-state index contributed by atoms with van der Waals surface area (Å²) in [5, 5.41) is 0. The summed E-state index contributed by atoms with van der Waals surface area (Å²) in [5.74, 6) is 1.02. The summed E-state index contributed by atoms with van der Waals surface area (Å²) in [7, 11) is 0. The first-order valence-electron chi connectivity index (χ1n) is 11.1. The Morgan fingerprint density at radius 2 is 1.81 bits per heavy atom. The zero-order valence-corrected chi connectivity index (χ0v) is 18.3. The van der Waals surface area contributed by atoms with E-state index in [0.717, 1.165) is 16.9 Å². The summed E-state index contributed by atoms with van der Waals surface area (Å²) < 4.78 is 16.0. The fourth-order valence-electron chi connectivity index (χ4n) is 4.54. The van der Waals surface area contributed by atoms with Crippen molar-refractivity contribution >= 4 is 22.6 Å². The lowest BCUT2D eigenvalue weighted by atomic mass is 10.0. The van der Waals surface area contributed by atoms with E-state index in [1.165, 1.54) is 23.3 Å². The topological polar surface area (TPSA) is 38.1 Å². The normalized spacial score (nSPS) is 16.4. The molecule has 1 amide bonds. The molecule has 0 spiro atoms. The zero-order valence-electron chi connectivity index (χ0n) is 18.3. The van der Waals surface area contributed by atoms with E-state index in [0.29, 0.717) is 31.1 Å². The average Bonchev–Trinajstić information content (AvgIpc) is 3.35. The highest BCUT2D eigenvalue weighted by molar-refractivity contribution is 5.96. The first-order valence-corrected chi connectivity index (χ1v) is 11.1. The molecule has 0 bridgehead atoms. The molecule has 0 N–H and O–H groups in total. The van der Waals surface area contributed by atoms with Gasteiger partial charge in [0.05, 0.1) is 11.0 Å². The number of imidazole rings is 1. The van der Waals surface area contributed by atoms with E-state index in [1.54, 1.807) is 17.0 Å². The van der Waals surface area contributed by atoms with Crippen LogP contribution in [-0.2, 0) is 11.3 Å². The van der Waals surface area contributed by atoms with Crippen LogP contribution in [0.1, 0.15) is 49.1 Å². The van der Waals surface area contributed by atoms with Crippen LogP contribution in [0.2, 0.25) is 0 Å². The van der Waals surface area contributed by atoms with Crippen molar-refractivity contribution in [3.05, 3.63) is 95.6 Å². The van der Waals surface area contributed by atoms with Crippen LogP contribution in [0.3, 0.4) is 0 Å². The van der Waals surface area contributed by atoms with E-state index in [1.807, 2.05) is 18.2 Å². The van der Waals surface area contributed by atoms with Gasteiger partial charge in [0, 0.05) is 31.1 Å². The molecule has 4 nitrogen and oxygen atoms in total. The van der Waals surface area contributed by atoms with Crippen molar-refractivity contribution in [3.8, 4) is 0 Å². The lowest BCUT2D eigenvalue weighted by molar-refractivity contribution is -0.117. The van der Waals surface area contributed by atoms with Crippen molar-refractivity contribution in [2.75, 3.05) is 11.4 Å². The minimum atomic E-state index is -0.337. The van der Waals surface area contributed by atoms with Gasteiger partial charge in [0.25, 0.3) is 0 Å². The van der Waals surface area contributed by atoms with Gasteiger partial charge in [-0.3, -0.25) is 4.79 Å². The molecule has 32 heavy (non-hydrogen) atoms. The van der Waals surface area contributed by atoms with Gasteiger partial charge in [-0.25, -0.2) is 9.37 Å². The third-order valence-corrected chi connectivity index (χ3v) is 6.28. The number of rotatable bonds is 5. The maximum Gasteiger partial charge on any atom is 0.227 e. The first kappa shape index (κ1) is 20.4. The number of amides is 1. The van der Waals surface area contributed by atoms with Crippen LogP contribution in [0.4, 0.5) is 10.1 Å². The van der Waals surface area contributed by atoms with Crippen LogP contribution in [0.25, 0.3) is 11.0 Å². The summed E-state index contributed by atoms with van der Waals surface area (Å²) in [6.07, 6.45) is 0.367. The highest BCUT2D eigenvalue weighted by atomic mass is 19.1.